The standard InChI is InChI=1S/C12H26N2O.ClH/c1-6-9(4)11(13)12(15)14-10(5)7-8(2)3;/h8-11H,6-7,13H2,1-5H3,(H,14,15);1H. The fourth-order valence-electron chi connectivity index (χ4n) is 1.62. The Labute approximate surface area is 106 Å². The second-order valence-electron chi connectivity index (χ2n) is 4.95. The Kier molecular flexibility index (Phi) is 9.98. The summed E-state index contributed by atoms with van der Waals surface area (Å²) in [6.07, 6.45) is 1.94. The van der Waals surface area contributed by atoms with Gasteiger partial charge in [0.1, 0.15) is 0 Å². The van der Waals surface area contributed by atoms with Crippen LogP contribution in [0.2, 0.25) is 0 Å². The van der Waals surface area contributed by atoms with Crippen molar-refractivity contribution in [2.45, 2.75) is 59.5 Å². The maximum Gasteiger partial charge on any atom is 0.237 e. The molecule has 0 bridgehead atoms. The number of nitrogens with two attached hydrogens (primary N) is 1. The van der Waals surface area contributed by atoms with E-state index in [1.165, 1.54) is 0 Å². The minimum Gasteiger partial charge on any atom is -0.352 e. The van der Waals surface area contributed by atoms with Gasteiger partial charge in [-0.3, -0.25) is 4.79 Å². The first-order valence-corrected chi connectivity index (χ1v) is 5.94. The fraction of sp³-hybridized carbons (Fsp3) is 0.917. The minimum atomic E-state index is -0.371. The maximum absolute atomic E-state index is 11.7. The van der Waals surface area contributed by atoms with Gasteiger partial charge in [0.25, 0.3) is 0 Å². The molecule has 0 aliphatic carbocycles. The molecule has 0 aromatic heterocycles. The number of carbonyl (C=O) groups excluding carboxylic acids is 1. The third kappa shape index (κ3) is 7.07. The quantitative estimate of drug-likeness (QED) is 0.760. The van der Waals surface area contributed by atoms with Crippen molar-refractivity contribution in [1.82, 2.24) is 5.32 Å². The molecule has 3 nitrogen and oxygen atoms in total. The minimum absolute atomic E-state index is 0. The van der Waals surface area contributed by atoms with Crippen LogP contribution >= 0.6 is 12.4 Å². The number of rotatable bonds is 6. The highest BCUT2D eigenvalue weighted by molar-refractivity contribution is 5.85. The van der Waals surface area contributed by atoms with Crippen LogP contribution in [0.15, 0.2) is 0 Å². The summed E-state index contributed by atoms with van der Waals surface area (Å²) < 4.78 is 0. The third-order valence-electron chi connectivity index (χ3n) is 2.77. The van der Waals surface area contributed by atoms with Crippen LogP contribution in [0.5, 0.6) is 0 Å². The normalized spacial score (nSPS) is 16.2. The molecule has 0 spiro atoms. The lowest BCUT2D eigenvalue weighted by molar-refractivity contribution is -0.124. The first-order chi connectivity index (χ1) is 6.88. The molecule has 0 aromatic rings. The van der Waals surface area contributed by atoms with Gasteiger partial charge < -0.3 is 11.1 Å². The predicted octanol–water partition coefficient (Wildman–Crippen LogP) is 2.33. The number of hydrogen-bond donors (Lipinski definition) is 2. The van der Waals surface area contributed by atoms with Crippen LogP contribution in [0.25, 0.3) is 0 Å². The van der Waals surface area contributed by atoms with Crippen molar-refractivity contribution in [1.29, 1.82) is 0 Å². The van der Waals surface area contributed by atoms with Crippen molar-refractivity contribution < 1.29 is 4.79 Å². The fourth-order valence-corrected chi connectivity index (χ4v) is 1.62. The van der Waals surface area contributed by atoms with Crippen LogP contribution in [0, 0.1) is 11.8 Å². The molecule has 4 heteroatoms. The summed E-state index contributed by atoms with van der Waals surface area (Å²) in [5.74, 6) is 0.828. The molecule has 0 fully saturated rings. The third-order valence-corrected chi connectivity index (χ3v) is 2.77. The van der Waals surface area contributed by atoms with Crippen molar-refractivity contribution >= 4 is 18.3 Å². The van der Waals surface area contributed by atoms with Crippen LogP contribution in [0.3, 0.4) is 0 Å². The van der Waals surface area contributed by atoms with E-state index in [9.17, 15) is 4.79 Å². The van der Waals surface area contributed by atoms with Gasteiger partial charge in [0.05, 0.1) is 6.04 Å². The first-order valence-electron chi connectivity index (χ1n) is 5.94. The van der Waals surface area contributed by atoms with Gasteiger partial charge in [0.15, 0.2) is 0 Å². The van der Waals surface area contributed by atoms with E-state index in [0.717, 1.165) is 12.8 Å². The number of halogens is 1. The summed E-state index contributed by atoms with van der Waals surface area (Å²) in [6.45, 7) is 10.4. The SMILES string of the molecule is CCC(C)C(N)C(=O)NC(C)CC(C)C.Cl. The lowest BCUT2D eigenvalue weighted by atomic mass is 9.98. The van der Waals surface area contributed by atoms with Crippen LogP contribution in [0.1, 0.15) is 47.5 Å². The Bertz CT molecular complexity index is 197. The average Bonchev–Trinajstić information content (AvgIpc) is 2.13. The highest BCUT2D eigenvalue weighted by Crippen LogP contribution is 2.07. The van der Waals surface area contributed by atoms with Gasteiger partial charge in [-0.05, 0) is 25.2 Å². The molecule has 1 amide bonds. The number of carbonyl (C=O) groups is 1. The summed E-state index contributed by atoms with van der Waals surface area (Å²) in [5.41, 5.74) is 5.84. The van der Waals surface area contributed by atoms with Crippen molar-refractivity contribution in [3.05, 3.63) is 0 Å². The zero-order chi connectivity index (χ0) is 12.0. The van der Waals surface area contributed by atoms with Gasteiger partial charge in [-0.15, -0.1) is 12.4 Å². The lowest BCUT2D eigenvalue weighted by Gasteiger charge is -2.22. The van der Waals surface area contributed by atoms with E-state index in [4.69, 9.17) is 5.73 Å². The molecule has 0 aliphatic heterocycles. The molecular weight excluding hydrogens is 224 g/mol. The van der Waals surface area contributed by atoms with Gasteiger partial charge in [-0.25, -0.2) is 0 Å². The maximum atomic E-state index is 11.7. The summed E-state index contributed by atoms with van der Waals surface area (Å²) in [7, 11) is 0. The highest BCUT2D eigenvalue weighted by Gasteiger charge is 2.20. The van der Waals surface area contributed by atoms with E-state index in [1.807, 2.05) is 13.8 Å². The lowest BCUT2D eigenvalue weighted by Crippen LogP contribution is -2.47. The Morgan fingerprint density at radius 3 is 2.12 bits per heavy atom. The highest BCUT2D eigenvalue weighted by atomic mass is 35.5. The van der Waals surface area contributed by atoms with Crippen molar-refractivity contribution in [3.63, 3.8) is 0 Å². The molecule has 3 unspecified atom stereocenters. The van der Waals surface area contributed by atoms with Crippen molar-refractivity contribution in [2.24, 2.45) is 17.6 Å². The van der Waals surface area contributed by atoms with Gasteiger partial charge in [-0.1, -0.05) is 34.1 Å². The zero-order valence-corrected chi connectivity index (χ0v) is 11.9. The summed E-state index contributed by atoms with van der Waals surface area (Å²) in [4.78, 5) is 11.7. The molecular formula is C12H27ClN2O. The van der Waals surface area contributed by atoms with Gasteiger partial charge in [0.2, 0.25) is 5.91 Å². The first kappa shape index (κ1) is 18.1. The topological polar surface area (TPSA) is 55.1 Å². The van der Waals surface area contributed by atoms with Crippen molar-refractivity contribution in [2.75, 3.05) is 0 Å². The monoisotopic (exact) mass is 250 g/mol. The van der Waals surface area contributed by atoms with E-state index >= 15 is 0 Å². The second kappa shape index (κ2) is 8.82. The molecule has 3 atom stereocenters. The Balaban J connectivity index is 0. The van der Waals surface area contributed by atoms with Gasteiger partial charge in [-0.2, -0.15) is 0 Å². The molecule has 0 radical (unpaired) electrons. The summed E-state index contributed by atoms with van der Waals surface area (Å²) in [5, 5.41) is 2.96. The van der Waals surface area contributed by atoms with Crippen LogP contribution < -0.4 is 11.1 Å². The van der Waals surface area contributed by atoms with Crippen LogP contribution in [-0.4, -0.2) is 18.0 Å². The molecule has 98 valence electrons. The Morgan fingerprint density at radius 2 is 1.75 bits per heavy atom. The molecule has 0 aliphatic rings. The number of nitrogens with one attached hydrogen (secondary N) is 1. The predicted molar refractivity (Wildman–Crippen MR) is 71.7 cm³/mol. The Morgan fingerprint density at radius 1 is 1.25 bits per heavy atom. The smallest absolute Gasteiger partial charge is 0.237 e. The molecule has 0 rings (SSSR count). The largest absolute Gasteiger partial charge is 0.352 e. The zero-order valence-electron chi connectivity index (χ0n) is 11.1. The molecule has 3 N–H and O–H groups in total. The van der Waals surface area contributed by atoms with E-state index in [2.05, 4.69) is 26.1 Å². The second-order valence-corrected chi connectivity index (χ2v) is 4.95. The number of amides is 1. The van der Waals surface area contributed by atoms with Gasteiger partial charge >= 0.3 is 0 Å². The molecule has 16 heavy (non-hydrogen) atoms. The average molecular weight is 251 g/mol. The van der Waals surface area contributed by atoms with Crippen molar-refractivity contribution in [3.8, 4) is 0 Å². The number of hydrogen-bond acceptors (Lipinski definition) is 2. The summed E-state index contributed by atoms with van der Waals surface area (Å²) >= 11 is 0. The van der Waals surface area contributed by atoms with Crippen LogP contribution in [0.4, 0.5) is 0 Å². The van der Waals surface area contributed by atoms with E-state index < -0.39 is 0 Å². The van der Waals surface area contributed by atoms with E-state index in [1.54, 1.807) is 0 Å². The molecule has 0 heterocycles. The molecule has 0 aromatic carbocycles. The Hall–Kier alpha value is -0.280. The van der Waals surface area contributed by atoms with Gasteiger partial charge in [0, 0.05) is 6.04 Å². The van der Waals surface area contributed by atoms with E-state index in [0.29, 0.717) is 5.92 Å². The van der Waals surface area contributed by atoms with Crippen LogP contribution in [-0.2, 0) is 4.79 Å². The van der Waals surface area contributed by atoms with E-state index in [-0.39, 0.29) is 36.3 Å². The molecule has 0 saturated heterocycles. The summed E-state index contributed by atoms with van der Waals surface area (Å²) in [6, 6.07) is -0.155. The molecule has 0 saturated carbocycles.